The van der Waals surface area contributed by atoms with Gasteiger partial charge in [-0.1, -0.05) is 140 Å². The van der Waals surface area contributed by atoms with E-state index < -0.39 is 5.97 Å². The van der Waals surface area contributed by atoms with E-state index in [0.717, 1.165) is 81.5 Å². The van der Waals surface area contributed by atoms with Gasteiger partial charge in [0.2, 0.25) is 0 Å². The zero-order chi connectivity index (χ0) is 38.3. The lowest BCUT2D eigenvalue weighted by molar-refractivity contribution is -0.137. The lowest BCUT2D eigenvalue weighted by atomic mass is 9.87. The van der Waals surface area contributed by atoms with Crippen LogP contribution < -0.4 is 9.47 Å². The number of hydrogen-bond acceptors (Lipinski definition) is 6. The summed E-state index contributed by atoms with van der Waals surface area (Å²) in [7, 11) is 0. The molecule has 1 fully saturated rings. The van der Waals surface area contributed by atoms with E-state index in [0.29, 0.717) is 24.4 Å². The maximum absolute atomic E-state index is 12.4. The Morgan fingerprint density at radius 3 is 1.80 bits per heavy atom. The topological polar surface area (TPSA) is 71.1 Å². The molecule has 296 valence electrons. The zero-order valence-electron chi connectivity index (χ0n) is 33.3. The van der Waals surface area contributed by atoms with E-state index in [2.05, 4.69) is 37.5 Å². The summed E-state index contributed by atoms with van der Waals surface area (Å²) in [6.45, 7) is 7.77. The van der Waals surface area contributed by atoms with Crippen molar-refractivity contribution in [3.8, 4) is 23.3 Å². The standard InChI is InChI=1S/C48H68O6/c1-3-5-6-7-8-10-13-16-19-39-52-45-33-26-43(27-34-45)30-37-48(50)54-46-35-28-42(29-36-46)23-22-41-24-31-44(32-25-41)51-38-20-17-14-11-9-12-15-18-21-40-53-47(49)4-2/h4,22-23,26-29,33-36,41,44H,2-3,5-21,24-25,31-32,38-40H2,1H3/b23-22+. The van der Waals surface area contributed by atoms with Gasteiger partial charge in [-0.3, -0.25) is 0 Å². The predicted molar refractivity (Wildman–Crippen MR) is 222 cm³/mol. The minimum absolute atomic E-state index is 0.326. The predicted octanol–water partition coefficient (Wildman–Crippen LogP) is 12.4. The number of unbranched alkanes of at least 4 members (excludes halogenated alkanes) is 16. The summed E-state index contributed by atoms with van der Waals surface area (Å²) in [4.78, 5) is 23.4. The molecule has 0 aromatic heterocycles. The van der Waals surface area contributed by atoms with Gasteiger partial charge in [-0.2, -0.15) is 0 Å². The molecule has 0 aliphatic heterocycles. The van der Waals surface area contributed by atoms with Crippen molar-refractivity contribution in [3.63, 3.8) is 0 Å². The number of ether oxygens (including phenoxy) is 4. The van der Waals surface area contributed by atoms with Gasteiger partial charge in [-0.15, -0.1) is 0 Å². The van der Waals surface area contributed by atoms with E-state index in [1.54, 1.807) is 0 Å². The van der Waals surface area contributed by atoms with Gasteiger partial charge in [0.1, 0.15) is 11.5 Å². The minimum atomic E-state index is -0.576. The van der Waals surface area contributed by atoms with Gasteiger partial charge in [0.15, 0.2) is 0 Å². The third-order valence-electron chi connectivity index (χ3n) is 10.1. The highest BCUT2D eigenvalue weighted by Gasteiger charge is 2.19. The number of rotatable bonds is 28. The Bertz CT molecular complexity index is 1380. The molecule has 6 heteroatoms. The first kappa shape index (κ1) is 44.6. The van der Waals surface area contributed by atoms with Crippen LogP contribution in [-0.2, 0) is 19.1 Å². The van der Waals surface area contributed by atoms with Crippen molar-refractivity contribution in [2.45, 2.75) is 154 Å². The molecule has 0 atom stereocenters. The monoisotopic (exact) mass is 741 g/mol. The van der Waals surface area contributed by atoms with Crippen molar-refractivity contribution in [3.05, 3.63) is 78.4 Å². The second-order valence-corrected chi connectivity index (χ2v) is 14.7. The molecule has 0 spiro atoms. The third kappa shape index (κ3) is 21.8. The smallest absolute Gasteiger partial charge is 0.390 e. The maximum atomic E-state index is 12.4. The summed E-state index contributed by atoms with van der Waals surface area (Å²) in [6.07, 6.45) is 33.1. The van der Waals surface area contributed by atoms with Crippen LogP contribution in [0.2, 0.25) is 0 Å². The van der Waals surface area contributed by atoms with Crippen molar-refractivity contribution in [1.29, 1.82) is 0 Å². The zero-order valence-corrected chi connectivity index (χ0v) is 33.3. The van der Waals surface area contributed by atoms with Crippen LogP contribution in [-0.4, -0.2) is 37.9 Å². The molecule has 0 unspecified atom stereocenters. The number of hydrogen-bond donors (Lipinski definition) is 0. The first-order valence-corrected chi connectivity index (χ1v) is 21.2. The number of carbonyl (C=O) groups excluding carboxylic acids is 2. The molecule has 0 N–H and O–H groups in total. The van der Waals surface area contributed by atoms with Gasteiger partial charge >= 0.3 is 11.9 Å². The molecular formula is C48H68O6. The van der Waals surface area contributed by atoms with Gasteiger partial charge in [0, 0.05) is 24.2 Å². The van der Waals surface area contributed by atoms with Crippen LogP contribution in [0.5, 0.6) is 11.5 Å². The second-order valence-electron chi connectivity index (χ2n) is 14.7. The SMILES string of the molecule is C=CC(=O)OCCCCCCCCCCCOC1CCC(/C=C/c2ccc(OC(=O)C#Cc3ccc(OCCCCCCCCCCC)cc3)cc2)CC1. The molecular weight excluding hydrogens is 673 g/mol. The molecule has 6 nitrogen and oxygen atoms in total. The number of carbonyl (C=O) groups is 2. The quantitative estimate of drug-likeness (QED) is 0.0284. The Kier molecular flexibility index (Phi) is 24.4. The van der Waals surface area contributed by atoms with Crippen molar-refractivity contribution in [2.24, 2.45) is 5.92 Å². The Morgan fingerprint density at radius 2 is 1.20 bits per heavy atom. The van der Waals surface area contributed by atoms with E-state index in [1.165, 1.54) is 96.0 Å². The number of benzene rings is 2. The van der Waals surface area contributed by atoms with Crippen molar-refractivity contribution < 1.29 is 28.5 Å². The average Bonchev–Trinajstić information content (AvgIpc) is 3.20. The molecule has 0 heterocycles. The molecule has 2 aromatic rings. The Morgan fingerprint density at radius 1 is 0.667 bits per heavy atom. The molecule has 3 rings (SSSR count). The van der Waals surface area contributed by atoms with Gasteiger partial charge in [0.25, 0.3) is 0 Å². The summed E-state index contributed by atoms with van der Waals surface area (Å²) in [5.41, 5.74) is 1.84. The lowest BCUT2D eigenvalue weighted by Gasteiger charge is -2.27. The fourth-order valence-corrected chi connectivity index (χ4v) is 6.76. The van der Waals surface area contributed by atoms with E-state index in [9.17, 15) is 9.59 Å². The summed E-state index contributed by atoms with van der Waals surface area (Å²) in [5.74, 6) is 6.47. The number of allylic oxidation sites excluding steroid dienone is 1. The highest BCUT2D eigenvalue weighted by Crippen LogP contribution is 2.28. The van der Waals surface area contributed by atoms with Crippen LogP contribution in [0, 0.1) is 17.8 Å². The first-order chi connectivity index (χ1) is 26.6. The van der Waals surface area contributed by atoms with Crippen LogP contribution >= 0.6 is 0 Å². The summed E-state index contributed by atoms with van der Waals surface area (Å²) < 4.78 is 22.5. The van der Waals surface area contributed by atoms with Crippen LogP contribution in [0.15, 0.2) is 67.3 Å². The molecule has 1 aliphatic carbocycles. The molecule has 2 aromatic carbocycles. The van der Waals surface area contributed by atoms with E-state index in [-0.39, 0.29) is 5.97 Å². The second kappa shape index (κ2) is 29.5. The van der Waals surface area contributed by atoms with E-state index in [4.69, 9.17) is 18.9 Å². The first-order valence-electron chi connectivity index (χ1n) is 21.2. The Labute approximate surface area is 327 Å². The molecule has 0 bridgehead atoms. The van der Waals surface area contributed by atoms with Gasteiger partial charge in [0.05, 0.1) is 19.3 Å². The van der Waals surface area contributed by atoms with Gasteiger partial charge in [-0.25, -0.2) is 9.59 Å². The largest absolute Gasteiger partial charge is 0.494 e. The molecule has 1 saturated carbocycles. The highest BCUT2D eigenvalue weighted by molar-refractivity contribution is 5.90. The molecule has 0 amide bonds. The van der Waals surface area contributed by atoms with Crippen LogP contribution in [0.3, 0.4) is 0 Å². The Balaban J connectivity index is 1.19. The van der Waals surface area contributed by atoms with Gasteiger partial charge < -0.3 is 18.9 Å². The van der Waals surface area contributed by atoms with Crippen molar-refractivity contribution >= 4 is 18.0 Å². The Hall–Kier alpha value is -3.82. The molecule has 0 saturated heterocycles. The average molecular weight is 741 g/mol. The summed E-state index contributed by atoms with van der Waals surface area (Å²) in [6, 6.07) is 15.1. The van der Waals surface area contributed by atoms with Crippen molar-refractivity contribution in [2.75, 3.05) is 19.8 Å². The highest BCUT2D eigenvalue weighted by atomic mass is 16.5. The van der Waals surface area contributed by atoms with Crippen LogP contribution in [0.1, 0.15) is 159 Å². The molecule has 54 heavy (non-hydrogen) atoms. The van der Waals surface area contributed by atoms with E-state index in [1.807, 2.05) is 48.5 Å². The maximum Gasteiger partial charge on any atom is 0.390 e. The van der Waals surface area contributed by atoms with E-state index >= 15 is 0 Å². The van der Waals surface area contributed by atoms with Gasteiger partial charge in [-0.05, 0) is 92.8 Å². The third-order valence-corrected chi connectivity index (χ3v) is 10.1. The number of esters is 2. The van der Waals surface area contributed by atoms with Crippen LogP contribution in [0.4, 0.5) is 0 Å². The summed E-state index contributed by atoms with van der Waals surface area (Å²) in [5, 5.41) is 0. The fourth-order valence-electron chi connectivity index (χ4n) is 6.76. The lowest BCUT2D eigenvalue weighted by Crippen LogP contribution is -2.21. The van der Waals surface area contributed by atoms with Crippen molar-refractivity contribution in [1.82, 2.24) is 0 Å². The van der Waals surface area contributed by atoms with Crippen LogP contribution in [0.25, 0.3) is 6.08 Å². The molecule has 0 radical (unpaired) electrons. The summed E-state index contributed by atoms with van der Waals surface area (Å²) >= 11 is 0. The molecule has 1 aliphatic rings. The minimum Gasteiger partial charge on any atom is -0.494 e. The fraction of sp³-hybridized carbons (Fsp3) is 0.583. The normalized spacial score (nSPS) is 15.4.